The van der Waals surface area contributed by atoms with E-state index in [0.29, 0.717) is 12.2 Å². The maximum atomic E-state index is 12.8. The highest BCUT2D eigenvalue weighted by Crippen LogP contribution is 2.43. The Labute approximate surface area is 214 Å². The Kier molecular flexibility index (Phi) is 8.17. The summed E-state index contributed by atoms with van der Waals surface area (Å²) in [6.07, 6.45) is -0.0963. The van der Waals surface area contributed by atoms with Gasteiger partial charge in [0.05, 0.1) is 19.8 Å². The lowest BCUT2D eigenvalue weighted by Crippen LogP contribution is -2.52. The third-order valence-electron chi connectivity index (χ3n) is 6.26. The molecule has 4 rings (SSSR count). The minimum absolute atomic E-state index is 0.0566. The van der Waals surface area contributed by atoms with Crippen LogP contribution in [0.1, 0.15) is 29.8 Å². The lowest BCUT2D eigenvalue weighted by molar-refractivity contribution is -0.167. The number of aromatic amines is 1. The molecule has 2 heterocycles. The van der Waals surface area contributed by atoms with Gasteiger partial charge in [-0.25, -0.2) is 4.79 Å². The summed E-state index contributed by atoms with van der Waals surface area (Å²) >= 11 is 0. The van der Waals surface area contributed by atoms with E-state index < -0.39 is 41.3 Å². The molecule has 0 amide bonds. The summed E-state index contributed by atoms with van der Waals surface area (Å²) in [6.45, 7) is 7.35. The number of carbonyl (C=O) groups excluding carboxylic acids is 1. The normalized spacial score (nSPS) is 23.0. The number of ether oxygens (including phenoxy) is 4. The number of H-pyrrole nitrogens is 1. The van der Waals surface area contributed by atoms with Gasteiger partial charge in [-0.2, -0.15) is 0 Å². The Hall–Kier alpha value is -3.79. The lowest BCUT2D eigenvalue weighted by Gasteiger charge is -2.35. The predicted molar refractivity (Wildman–Crippen MR) is 136 cm³/mol. The van der Waals surface area contributed by atoms with Gasteiger partial charge in [-0.1, -0.05) is 73.3 Å². The van der Waals surface area contributed by atoms with Gasteiger partial charge in [0, 0.05) is 18.7 Å². The minimum atomic E-state index is -1.37. The van der Waals surface area contributed by atoms with Crippen LogP contribution in [0, 0.1) is 6.92 Å². The van der Waals surface area contributed by atoms with Crippen molar-refractivity contribution in [1.82, 2.24) is 9.55 Å². The predicted octanol–water partition coefficient (Wildman–Crippen LogP) is 3.03. The van der Waals surface area contributed by atoms with Gasteiger partial charge in [0.1, 0.15) is 6.10 Å². The second-order valence-electron chi connectivity index (χ2n) is 8.86. The molecule has 0 bridgehead atoms. The molecule has 1 aliphatic rings. The lowest BCUT2D eigenvalue weighted by atomic mass is 9.91. The van der Waals surface area contributed by atoms with Crippen molar-refractivity contribution in [2.75, 3.05) is 6.61 Å². The summed E-state index contributed by atoms with van der Waals surface area (Å²) in [5.74, 6) is -0.590. The molecule has 194 valence electrons. The van der Waals surface area contributed by atoms with E-state index in [9.17, 15) is 14.4 Å². The SMILES string of the molecule is C=C[C@@]1(OCc2ccccc2)[C@@H](COCc2ccccc2)O[C@@H](n2cc(C)c(=O)[nH]c2=O)[C@@H]1OC(C)=O. The summed E-state index contributed by atoms with van der Waals surface area (Å²) in [4.78, 5) is 39.3. The first kappa shape index (κ1) is 26.3. The zero-order chi connectivity index (χ0) is 26.4. The molecule has 1 aliphatic heterocycles. The van der Waals surface area contributed by atoms with E-state index in [2.05, 4.69) is 11.6 Å². The third-order valence-corrected chi connectivity index (χ3v) is 6.26. The number of aromatic nitrogens is 2. The van der Waals surface area contributed by atoms with Gasteiger partial charge in [0.2, 0.25) is 0 Å². The third kappa shape index (κ3) is 5.80. The number of esters is 1. The second-order valence-corrected chi connectivity index (χ2v) is 8.86. The summed E-state index contributed by atoms with van der Waals surface area (Å²) in [5, 5.41) is 0. The van der Waals surface area contributed by atoms with Gasteiger partial charge in [0.25, 0.3) is 5.56 Å². The molecule has 1 N–H and O–H groups in total. The van der Waals surface area contributed by atoms with Crippen LogP contribution >= 0.6 is 0 Å². The molecule has 4 atom stereocenters. The monoisotopic (exact) mass is 506 g/mol. The van der Waals surface area contributed by atoms with Crippen LogP contribution in [0.25, 0.3) is 0 Å². The molecule has 37 heavy (non-hydrogen) atoms. The number of nitrogens with zero attached hydrogens (tertiary/aromatic N) is 1. The van der Waals surface area contributed by atoms with Crippen molar-refractivity contribution < 1.29 is 23.7 Å². The molecule has 3 aromatic rings. The highest BCUT2D eigenvalue weighted by atomic mass is 16.6. The molecule has 0 aliphatic carbocycles. The Balaban J connectivity index is 1.71. The fourth-order valence-corrected chi connectivity index (χ4v) is 4.36. The van der Waals surface area contributed by atoms with E-state index in [1.165, 1.54) is 23.8 Å². The van der Waals surface area contributed by atoms with Gasteiger partial charge in [-0.15, -0.1) is 0 Å². The zero-order valence-electron chi connectivity index (χ0n) is 20.8. The molecule has 0 radical (unpaired) electrons. The highest BCUT2D eigenvalue weighted by Gasteiger charge is 2.59. The first-order valence-corrected chi connectivity index (χ1v) is 11.9. The van der Waals surface area contributed by atoms with E-state index in [1.807, 2.05) is 60.7 Å². The van der Waals surface area contributed by atoms with Crippen molar-refractivity contribution in [3.8, 4) is 0 Å². The maximum Gasteiger partial charge on any atom is 0.330 e. The number of benzene rings is 2. The van der Waals surface area contributed by atoms with E-state index in [4.69, 9.17) is 18.9 Å². The zero-order valence-corrected chi connectivity index (χ0v) is 20.8. The van der Waals surface area contributed by atoms with Crippen LogP contribution in [0.5, 0.6) is 0 Å². The molecule has 1 fully saturated rings. The number of hydrogen-bond acceptors (Lipinski definition) is 7. The van der Waals surface area contributed by atoms with E-state index in [-0.39, 0.29) is 13.2 Å². The average Bonchev–Trinajstić information content (AvgIpc) is 3.18. The van der Waals surface area contributed by atoms with Crippen molar-refractivity contribution in [1.29, 1.82) is 0 Å². The van der Waals surface area contributed by atoms with Crippen molar-refractivity contribution in [2.45, 2.75) is 51.1 Å². The van der Waals surface area contributed by atoms with Crippen molar-refractivity contribution in [3.63, 3.8) is 0 Å². The molecule has 9 heteroatoms. The molecule has 1 aromatic heterocycles. The van der Waals surface area contributed by atoms with Gasteiger partial charge in [0.15, 0.2) is 17.9 Å². The van der Waals surface area contributed by atoms with Crippen LogP contribution < -0.4 is 11.2 Å². The first-order valence-electron chi connectivity index (χ1n) is 11.9. The summed E-state index contributed by atoms with van der Waals surface area (Å²) in [5.41, 5.74) is -0.439. The summed E-state index contributed by atoms with van der Waals surface area (Å²) < 4.78 is 25.6. The highest BCUT2D eigenvalue weighted by molar-refractivity contribution is 5.66. The number of nitrogens with one attached hydrogen (secondary N) is 1. The smallest absolute Gasteiger partial charge is 0.330 e. The van der Waals surface area contributed by atoms with Gasteiger partial charge >= 0.3 is 11.7 Å². The second kappa shape index (κ2) is 11.5. The number of carbonyl (C=O) groups is 1. The molecule has 0 spiro atoms. The van der Waals surface area contributed by atoms with Crippen LogP contribution in [-0.4, -0.2) is 39.9 Å². The van der Waals surface area contributed by atoms with Crippen LogP contribution in [-0.2, 0) is 37.0 Å². The van der Waals surface area contributed by atoms with Gasteiger partial charge in [-0.05, 0) is 18.1 Å². The van der Waals surface area contributed by atoms with Crippen molar-refractivity contribution in [2.24, 2.45) is 0 Å². The summed E-state index contributed by atoms with van der Waals surface area (Å²) in [7, 11) is 0. The molecule has 9 nitrogen and oxygen atoms in total. The van der Waals surface area contributed by atoms with E-state index in [1.54, 1.807) is 6.92 Å². The summed E-state index contributed by atoms with van der Waals surface area (Å²) in [6, 6.07) is 19.1. The average molecular weight is 507 g/mol. The Morgan fingerprint density at radius 3 is 2.30 bits per heavy atom. The topological polar surface area (TPSA) is 109 Å². The van der Waals surface area contributed by atoms with E-state index in [0.717, 1.165) is 11.1 Å². The molecular weight excluding hydrogens is 476 g/mol. The van der Waals surface area contributed by atoms with Crippen LogP contribution in [0.15, 0.2) is 89.1 Å². The molecule has 0 saturated carbocycles. The Bertz CT molecular complexity index is 1340. The van der Waals surface area contributed by atoms with Crippen LogP contribution in [0.4, 0.5) is 0 Å². The fraction of sp³-hybridized carbons (Fsp3) is 0.321. The van der Waals surface area contributed by atoms with Gasteiger partial charge in [-0.3, -0.25) is 19.1 Å². The molecule has 2 aromatic carbocycles. The largest absolute Gasteiger partial charge is 0.454 e. The van der Waals surface area contributed by atoms with Crippen LogP contribution in [0.3, 0.4) is 0 Å². The van der Waals surface area contributed by atoms with Crippen LogP contribution in [0.2, 0.25) is 0 Å². The van der Waals surface area contributed by atoms with Crippen molar-refractivity contribution >= 4 is 5.97 Å². The van der Waals surface area contributed by atoms with Gasteiger partial charge < -0.3 is 18.9 Å². The number of aryl methyl sites for hydroxylation is 1. The molecular formula is C28H30N2O7. The first-order chi connectivity index (χ1) is 17.8. The number of hydrogen-bond donors (Lipinski definition) is 1. The maximum absolute atomic E-state index is 12.8. The number of rotatable bonds is 10. The Morgan fingerprint density at radius 2 is 1.70 bits per heavy atom. The Morgan fingerprint density at radius 1 is 1.08 bits per heavy atom. The minimum Gasteiger partial charge on any atom is -0.454 e. The fourth-order valence-electron chi connectivity index (χ4n) is 4.36. The molecule has 1 saturated heterocycles. The molecule has 0 unspecified atom stereocenters. The van der Waals surface area contributed by atoms with E-state index >= 15 is 0 Å². The quantitative estimate of drug-likeness (QED) is 0.333. The van der Waals surface area contributed by atoms with Crippen molar-refractivity contribution in [3.05, 3.63) is 117 Å². The standard InChI is InChI=1S/C28H30N2O7/c1-4-28(35-17-22-13-9-6-10-14-22)23(18-34-16-21-11-7-5-8-12-21)37-26(24(28)36-20(3)31)30-15-19(2)25(32)29-27(30)33/h4-15,23-24,26H,1,16-18H2,2-3H3,(H,29,32,33)/t23-,24+,26-,28-/m1/s1.